The first kappa shape index (κ1) is 21.4. The molecule has 2 amide bonds. The van der Waals surface area contributed by atoms with Crippen molar-refractivity contribution in [3.8, 4) is 11.4 Å². The van der Waals surface area contributed by atoms with E-state index in [9.17, 15) is 9.59 Å². The molecule has 4 heterocycles. The Morgan fingerprint density at radius 1 is 1.12 bits per heavy atom. The van der Waals surface area contributed by atoms with Gasteiger partial charge in [0.2, 0.25) is 17.6 Å². The van der Waals surface area contributed by atoms with Crippen LogP contribution in [0.2, 0.25) is 0 Å². The minimum atomic E-state index is -0.347. The Morgan fingerprint density at radius 3 is 2.85 bits per heavy atom. The molecule has 1 N–H and O–H groups in total. The van der Waals surface area contributed by atoms with Crippen molar-refractivity contribution in [2.75, 3.05) is 13.1 Å². The van der Waals surface area contributed by atoms with E-state index in [0.29, 0.717) is 43.4 Å². The van der Waals surface area contributed by atoms with Crippen molar-refractivity contribution in [1.29, 1.82) is 0 Å². The molecule has 1 saturated carbocycles. The Labute approximate surface area is 191 Å². The molecule has 0 radical (unpaired) electrons. The highest BCUT2D eigenvalue weighted by Crippen LogP contribution is 2.41. The van der Waals surface area contributed by atoms with E-state index in [1.165, 1.54) is 6.26 Å². The van der Waals surface area contributed by atoms with Crippen LogP contribution in [0, 0.1) is 5.92 Å². The van der Waals surface area contributed by atoms with Crippen molar-refractivity contribution in [2.45, 2.75) is 50.5 Å². The number of carbonyl (C=O) groups is 2. The summed E-state index contributed by atoms with van der Waals surface area (Å²) in [5.41, 5.74) is 0.771. The van der Waals surface area contributed by atoms with Crippen molar-refractivity contribution in [3.05, 3.63) is 54.6 Å². The van der Waals surface area contributed by atoms with E-state index in [1.54, 1.807) is 24.5 Å². The Hall–Kier alpha value is -3.49. The number of carbonyl (C=O) groups excluding carboxylic acids is 2. The van der Waals surface area contributed by atoms with Gasteiger partial charge in [-0.1, -0.05) is 18.0 Å². The van der Waals surface area contributed by atoms with Crippen LogP contribution in [-0.4, -0.2) is 51.0 Å². The molecule has 33 heavy (non-hydrogen) atoms. The summed E-state index contributed by atoms with van der Waals surface area (Å²) in [5, 5.41) is 7.19. The van der Waals surface area contributed by atoms with Crippen molar-refractivity contribution in [1.82, 2.24) is 25.3 Å². The first-order valence-electron chi connectivity index (χ1n) is 11.6. The second-order valence-electron chi connectivity index (χ2n) is 8.72. The highest BCUT2D eigenvalue weighted by molar-refractivity contribution is 5.92. The van der Waals surface area contributed by atoms with Crippen LogP contribution in [0.1, 0.15) is 60.9 Å². The lowest BCUT2D eigenvalue weighted by atomic mass is 10.00. The molecule has 1 aliphatic heterocycles. The largest absolute Gasteiger partial charge is 0.459 e. The molecule has 1 saturated heterocycles. The Bertz CT molecular complexity index is 1080. The molecule has 9 heteroatoms. The van der Waals surface area contributed by atoms with E-state index >= 15 is 0 Å². The molecule has 3 aromatic rings. The van der Waals surface area contributed by atoms with Crippen LogP contribution >= 0.6 is 0 Å². The fourth-order valence-electron chi connectivity index (χ4n) is 4.92. The number of hydrogen-bond acceptors (Lipinski definition) is 7. The Balaban J connectivity index is 1.43. The summed E-state index contributed by atoms with van der Waals surface area (Å²) >= 11 is 0. The van der Waals surface area contributed by atoms with E-state index in [2.05, 4.69) is 20.4 Å². The van der Waals surface area contributed by atoms with Crippen LogP contribution in [0.25, 0.3) is 11.4 Å². The first-order valence-corrected chi connectivity index (χ1v) is 11.6. The summed E-state index contributed by atoms with van der Waals surface area (Å²) < 4.78 is 11.0. The van der Waals surface area contributed by atoms with Crippen LogP contribution in [0.5, 0.6) is 0 Å². The zero-order valence-corrected chi connectivity index (χ0v) is 18.4. The minimum Gasteiger partial charge on any atom is -0.459 e. The summed E-state index contributed by atoms with van der Waals surface area (Å²) in [6, 6.07) is 6.81. The van der Waals surface area contributed by atoms with E-state index < -0.39 is 0 Å². The standard InChI is InChI=1S/C24H27N5O4/c30-22-18-13-17(23-27-21(28-33-23)16-7-5-9-25-15-16)14-19(18)29(11-4-2-1-3-10-26-22)24(31)20-8-6-12-32-20/h5-9,12,15,17-19H,1-4,10-11,13-14H2,(H,26,30)/t17-,18-,19+/m1/s1. The third-order valence-electron chi connectivity index (χ3n) is 6.59. The highest BCUT2D eigenvalue weighted by atomic mass is 16.5. The maximum atomic E-state index is 13.3. The topological polar surface area (TPSA) is 114 Å². The molecule has 3 atom stereocenters. The van der Waals surface area contributed by atoms with Gasteiger partial charge in [0.25, 0.3) is 5.91 Å². The van der Waals surface area contributed by atoms with Gasteiger partial charge in [-0.05, 0) is 49.9 Å². The van der Waals surface area contributed by atoms with Gasteiger partial charge in [-0.2, -0.15) is 4.98 Å². The lowest BCUT2D eigenvalue weighted by molar-refractivity contribution is -0.126. The number of amides is 2. The van der Waals surface area contributed by atoms with Gasteiger partial charge < -0.3 is 19.2 Å². The van der Waals surface area contributed by atoms with Gasteiger partial charge in [0.05, 0.1) is 12.2 Å². The van der Waals surface area contributed by atoms with Gasteiger partial charge in [-0.3, -0.25) is 14.6 Å². The lowest BCUT2D eigenvalue weighted by Gasteiger charge is -2.32. The van der Waals surface area contributed by atoms with Crippen LogP contribution < -0.4 is 5.32 Å². The summed E-state index contributed by atoms with van der Waals surface area (Å²) in [4.78, 5) is 37.0. The predicted molar refractivity (Wildman–Crippen MR) is 118 cm³/mol. The molecule has 9 nitrogen and oxygen atoms in total. The monoisotopic (exact) mass is 449 g/mol. The third-order valence-corrected chi connectivity index (χ3v) is 6.59. The van der Waals surface area contributed by atoms with Gasteiger partial charge in [0.15, 0.2) is 5.76 Å². The fraction of sp³-hybridized carbons (Fsp3) is 0.458. The molecule has 2 fully saturated rings. The second kappa shape index (κ2) is 9.56. The lowest BCUT2D eigenvalue weighted by Crippen LogP contribution is -2.47. The summed E-state index contributed by atoms with van der Waals surface area (Å²) in [5.74, 6) is 0.605. The minimum absolute atomic E-state index is 0.0198. The number of rotatable bonds is 3. The molecule has 0 bridgehead atoms. The number of nitrogens with one attached hydrogen (secondary N) is 1. The van der Waals surface area contributed by atoms with Crippen LogP contribution in [-0.2, 0) is 4.79 Å². The van der Waals surface area contributed by atoms with Crippen LogP contribution in [0.4, 0.5) is 0 Å². The van der Waals surface area contributed by atoms with Gasteiger partial charge in [-0.25, -0.2) is 0 Å². The van der Waals surface area contributed by atoms with E-state index in [-0.39, 0.29) is 29.7 Å². The number of hydrogen-bond donors (Lipinski definition) is 1. The number of pyridine rings is 1. The molecule has 2 aliphatic rings. The van der Waals surface area contributed by atoms with E-state index in [4.69, 9.17) is 8.94 Å². The molecule has 0 spiro atoms. The second-order valence-corrected chi connectivity index (χ2v) is 8.72. The van der Waals surface area contributed by atoms with Gasteiger partial charge in [-0.15, -0.1) is 0 Å². The molecular weight excluding hydrogens is 422 g/mol. The van der Waals surface area contributed by atoms with Gasteiger partial charge >= 0.3 is 0 Å². The van der Waals surface area contributed by atoms with Crippen LogP contribution in [0.15, 0.2) is 51.9 Å². The average molecular weight is 450 g/mol. The number of aromatic nitrogens is 3. The quantitative estimate of drug-likeness (QED) is 0.651. The summed E-state index contributed by atoms with van der Waals surface area (Å²) in [6.45, 7) is 1.25. The molecule has 172 valence electrons. The number of furan rings is 1. The number of nitrogens with zero attached hydrogens (tertiary/aromatic N) is 4. The molecular formula is C24H27N5O4. The number of fused-ring (bicyclic) bond motifs is 1. The third kappa shape index (κ3) is 4.53. The Kier molecular flexibility index (Phi) is 6.19. The summed E-state index contributed by atoms with van der Waals surface area (Å²) in [7, 11) is 0. The fourth-order valence-corrected chi connectivity index (χ4v) is 4.92. The smallest absolute Gasteiger partial charge is 0.289 e. The van der Waals surface area contributed by atoms with Crippen LogP contribution in [0.3, 0.4) is 0 Å². The normalized spacial score (nSPS) is 24.1. The average Bonchev–Trinajstić information content (AvgIpc) is 3.60. The maximum absolute atomic E-state index is 13.3. The maximum Gasteiger partial charge on any atom is 0.289 e. The van der Waals surface area contributed by atoms with Crippen molar-refractivity contribution in [3.63, 3.8) is 0 Å². The van der Waals surface area contributed by atoms with Gasteiger partial charge in [0.1, 0.15) is 0 Å². The molecule has 3 aromatic heterocycles. The molecule has 0 aromatic carbocycles. The van der Waals surface area contributed by atoms with E-state index in [0.717, 1.165) is 31.2 Å². The summed E-state index contributed by atoms with van der Waals surface area (Å²) in [6.07, 6.45) is 9.87. The van der Waals surface area contributed by atoms with Crippen molar-refractivity contribution >= 4 is 11.8 Å². The zero-order chi connectivity index (χ0) is 22.6. The predicted octanol–water partition coefficient (Wildman–Crippen LogP) is 3.42. The Morgan fingerprint density at radius 2 is 2.03 bits per heavy atom. The van der Waals surface area contributed by atoms with Gasteiger partial charge in [0, 0.05) is 43.0 Å². The molecule has 5 rings (SSSR count). The SMILES string of the molecule is O=C1NCCCCCCN(C(=O)c2ccco2)[C@H]2C[C@H](c3nc(-c4cccnc4)no3)C[C@@H]12. The van der Waals surface area contributed by atoms with E-state index in [1.807, 2.05) is 17.0 Å². The molecule has 0 unspecified atom stereocenters. The van der Waals surface area contributed by atoms with Crippen molar-refractivity contribution in [2.24, 2.45) is 5.92 Å². The first-order chi connectivity index (χ1) is 16.2. The highest BCUT2D eigenvalue weighted by Gasteiger charge is 2.46. The van der Waals surface area contributed by atoms with Crippen molar-refractivity contribution < 1.29 is 18.5 Å². The molecule has 1 aliphatic carbocycles. The zero-order valence-electron chi connectivity index (χ0n) is 18.4.